The monoisotopic (exact) mass is 321 g/mol. The Morgan fingerprint density at radius 1 is 1.05 bits per heavy atom. The molecular weight excluding hydrogens is 306 g/mol. The highest BCUT2D eigenvalue weighted by Gasteiger charge is 2.14. The van der Waals surface area contributed by atoms with E-state index in [1.165, 1.54) is 17.8 Å². The van der Waals surface area contributed by atoms with Gasteiger partial charge in [-0.2, -0.15) is 0 Å². The zero-order chi connectivity index (χ0) is 15.3. The summed E-state index contributed by atoms with van der Waals surface area (Å²) in [5.74, 6) is -0.0118. The van der Waals surface area contributed by atoms with Gasteiger partial charge in [0.25, 0.3) is 0 Å². The molecule has 2 aromatic rings. The lowest BCUT2D eigenvalue weighted by atomic mass is 10.3. The molecule has 0 radical (unpaired) electrons. The molecule has 4 nitrogen and oxygen atoms in total. The lowest BCUT2D eigenvalue weighted by Crippen LogP contribution is -2.16. The van der Waals surface area contributed by atoms with Crippen molar-refractivity contribution < 1.29 is 13.2 Å². The number of rotatable bonds is 5. The van der Waals surface area contributed by atoms with Crippen LogP contribution in [0.15, 0.2) is 64.4 Å². The van der Waals surface area contributed by atoms with Crippen LogP contribution in [0, 0.1) is 0 Å². The summed E-state index contributed by atoms with van der Waals surface area (Å²) in [4.78, 5) is 13.1. The van der Waals surface area contributed by atoms with Gasteiger partial charge >= 0.3 is 0 Å². The fraction of sp³-hybridized carbons (Fsp3) is 0.133. The van der Waals surface area contributed by atoms with Gasteiger partial charge in [0.2, 0.25) is 5.91 Å². The standard InChI is InChI=1S/C15H15NO3S2/c1-21(18,19)14-10-6-5-9-13(14)16-15(17)11-20-12-7-3-2-4-8-12/h2-10H,11H2,1H3,(H,16,17). The van der Waals surface area contributed by atoms with Gasteiger partial charge in [-0.3, -0.25) is 4.79 Å². The van der Waals surface area contributed by atoms with Crippen LogP contribution in [0.4, 0.5) is 5.69 Å². The second-order valence-electron chi connectivity index (χ2n) is 4.42. The first kappa shape index (κ1) is 15.6. The number of benzene rings is 2. The Kier molecular flexibility index (Phi) is 5.03. The van der Waals surface area contributed by atoms with Crippen molar-refractivity contribution in [3.63, 3.8) is 0 Å². The molecule has 0 aliphatic heterocycles. The Hall–Kier alpha value is -1.79. The van der Waals surface area contributed by atoms with E-state index in [-0.39, 0.29) is 16.6 Å². The number of hydrogen-bond donors (Lipinski definition) is 1. The maximum absolute atomic E-state index is 11.9. The molecule has 1 N–H and O–H groups in total. The molecule has 0 aliphatic rings. The molecule has 110 valence electrons. The van der Waals surface area contributed by atoms with Crippen molar-refractivity contribution in [2.24, 2.45) is 0 Å². The summed E-state index contributed by atoms with van der Waals surface area (Å²) >= 11 is 1.40. The molecule has 0 bridgehead atoms. The van der Waals surface area contributed by atoms with Gasteiger partial charge in [-0.05, 0) is 24.3 Å². The van der Waals surface area contributed by atoms with E-state index in [1.54, 1.807) is 18.2 Å². The van der Waals surface area contributed by atoms with E-state index in [0.717, 1.165) is 11.2 Å². The molecule has 0 unspecified atom stereocenters. The molecule has 0 saturated heterocycles. The molecule has 0 fully saturated rings. The van der Waals surface area contributed by atoms with E-state index in [2.05, 4.69) is 5.32 Å². The van der Waals surface area contributed by atoms with Gasteiger partial charge in [-0.1, -0.05) is 30.3 Å². The first-order valence-electron chi connectivity index (χ1n) is 6.23. The number of sulfone groups is 1. The Labute approximate surface area is 128 Å². The number of anilines is 1. The molecule has 0 atom stereocenters. The molecule has 0 saturated carbocycles. The summed E-state index contributed by atoms with van der Waals surface area (Å²) < 4.78 is 23.3. The van der Waals surface area contributed by atoms with Crippen LogP contribution < -0.4 is 5.32 Å². The minimum Gasteiger partial charge on any atom is -0.324 e. The lowest BCUT2D eigenvalue weighted by molar-refractivity contribution is -0.113. The Morgan fingerprint density at radius 2 is 1.67 bits per heavy atom. The van der Waals surface area contributed by atoms with Crippen molar-refractivity contribution >= 4 is 33.2 Å². The zero-order valence-electron chi connectivity index (χ0n) is 11.4. The number of thioether (sulfide) groups is 1. The normalized spacial score (nSPS) is 11.1. The summed E-state index contributed by atoms with van der Waals surface area (Å²) in [5, 5.41) is 2.65. The van der Waals surface area contributed by atoms with Crippen LogP contribution in [0.2, 0.25) is 0 Å². The second kappa shape index (κ2) is 6.78. The average molecular weight is 321 g/mol. The molecule has 2 rings (SSSR count). The van der Waals surface area contributed by atoms with Crippen molar-refractivity contribution in [2.75, 3.05) is 17.3 Å². The average Bonchev–Trinajstić information content (AvgIpc) is 2.46. The summed E-state index contributed by atoms with van der Waals surface area (Å²) in [5.41, 5.74) is 0.318. The molecule has 0 aromatic heterocycles. The number of carbonyl (C=O) groups excluding carboxylic acids is 1. The molecular formula is C15H15NO3S2. The van der Waals surface area contributed by atoms with E-state index in [0.29, 0.717) is 5.69 Å². The van der Waals surface area contributed by atoms with E-state index in [4.69, 9.17) is 0 Å². The second-order valence-corrected chi connectivity index (χ2v) is 7.45. The van der Waals surface area contributed by atoms with E-state index in [9.17, 15) is 13.2 Å². The summed E-state index contributed by atoms with van der Waals surface area (Å²) in [6, 6.07) is 15.9. The fourth-order valence-electron chi connectivity index (χ4n) is 1.75. The number of carbonyl (C=O) groups is 1. The third-order valence-corrected chi connectivity index (χ3v) is 4.84. The van der Waals surface area contributed by atoms with Crippen LogP contribution in [0.25, 0.3) is 0 Å². The highest BCUT2D eigenvalue weighted by atomic mass is 32.2. The van der Waals surface area contributed by atoms with E-state index < -0.39 is 9.84 Å². The van der Waals surface area contributed by atoms with Crippen molar-refractivity contribution in [1.29, 1.82) is 0 Å². The molecule has 2 aromatic carbocycles. The first-order valence-corrected chi connectivity index (χ1v) is 9.11. The summed E-state index contributed by atoms with van der Waals surface area (Å²) in [7, 11) is -3.37. The van der Waals surface area contributed by atoms with Crippen LogP contribution >= 0.6 is 11.8 Å². The predicted molar refractivity (Wildman–Crippen MR) is 85.3 cm³/mol. The van der Waals surface area contributed by atoms with Gasteiger partial charge in [0, 0.05) is 11.2 Å². The van der Waals surface area contributed by atoms with Gasteiger partial charge in [-0.25, -0.2) is 8.42 Å². The minimum atomic E-state index is -3.37. The molecule has 0 heterocycles. The predicted octanol–water partition coefficient (Wildman–Crippen LogP) is 2.82. The van der Waals surface area contributed by atoms with Gasteiger partial charge in [0.1, 0.15) is 0 Å². The third kappa shape index (κ3) is 4.61. The van der Waals surface area contributed by atoms with Crippen molar-refractivity contribution in [3.05, 3.63) is 54.6 Å². The molecule has 0 spiro atoms. The molecule has 21 heavy (non-hydrogen) atoms. The summed E-state index contributed by atoms with van der Waals surface area (Å²) in [6.45, 7) is 0. The lowest BCUT2D eigenvalue weighted by Gasteiger charge is -2.09. The van der Waals surface area contributed by atoms with E-state index >= 15 is 0 Å². The smallest absolute Gasteiger partial charge is 0.234 e. The molecule has 6 heteroatoms. The van der Waals surface area contributed by atoms with Crippen molar-refractivity contribution in [2.45, 2.75) is 9.79 Å². The number of para-hydroxylation sites is 1. The quantitative estimate of drug-likeness (QED) is 0.860. The summed E-state index contributed by atoms with van der Waals surface area (Å²) in [6.07, 6.45) is 1.12. The van der Waals surface area contributed by atoms with Gasteiger partial charge in [0.05, 0.1) is 16.3 Å². The largest absolute Gasteiger partial charge is 0.324 e. The number of nitrogens with one attached hydrogen (secondary N) is 1. The van der Waals surface area contributed by atoms with Crippen LogP contribution in [-0.4, -0.2) is 26.3 Å². The van der Waals surface area contributed by atoms with Crippen LogP contribution in [-0.2, 0) is 14.6 Å². The zero-order valence-corrected chi connectivity index (χ0v) is 13.1. The van der Waals surface area contributed by atoms with Crippen LogP contribution in [0.3, 0.4) is 0 Å². The number of amides is 1. The Balaban J connectivity index is 2.04. The van der Waals surface area contributed by atoms with Crippen LogP contribution in [0.1, 0.15) is 0 Å². The molecule has 1 amide bonds. The van der Waals surface area contributed by atoms with Gasteiger partial charge < -0.3 is 5.32 Å². The van der Waals surface area contributed by atoms with Gasteiger partial charge in [-0.15, -0.1) is 11.8 Å². The highest BCUT2D eigenvalue weighted by Crippen LogP contribution is 2.22. The maximum Gasteiger partial charge on any atom is 0.234 e. The first-order chi connectivity index (χ1) is 9.97. The van der Waals surface area contributed by atoms with Crippen molar-refractivity contribution in [3.8, 4) is 0 Å². The maximum atomic E-state index is 11.9. The fourth-order valence-corrected chi connectivity index (χ4v) is 3.31. The SMILES string of the molecule is CS(=O)(=O)c1ccccc1NC(=O)CSc1ccccc1. The van der Waals surface area contributed by atoms with Gasteiger partial charge in [0.15, 0.2) is 9.84 Å². The topological polar surface area (TPSA) is 63.2 Å². The highest BCUT2D eigenvalue weighted by molar-refractivity contribution is 8.00. The van der Waals surface area contributed by atoms with E-state index in [1.807, 2.05) is 30.3 Å². The Morgan fingerprint density at radius 3 is 2.33 bits per heavy atom. The third-order valence-electron chi connectivity index (χ3n) is 2.67. The number of hydrogen-bond acceptors (Lipinski definition) is 4. The van der Waals surface area contributed by atoms with Crippen LogP contribution in [0.5, 0.6) is 0 Å². The van der Waals surface area contributed by atoms with Crippen molar-refractivity contribution in [1.82, 2.24) is 0 Å². The Bertz CT molecular complexity index is 728. The molecule has 0 aliphatic carbocycles. The minimum absolute atomic E-state index is 0.128.